The smallest absolute Gasteiger partial charge is 0.242 e. The summed E-state index contributed by atoms with van der Waals surface area (Å²) in [5.74, 6) is 0.740. The number of nitrogens with one attached hydrogen (secondary N) is 2. The minimum Gasteiger partial charge on any atom is -0.368 e. The Hall–Kier alpha value is -1.94. The molecule has 0 aromatic heterocycles. The van der Waals surface area contributed by atoms with E-state index in [2.05, 4.69) is 64.0 Å². The summed E-state index contributed by atoms with van der Waals surface area (Å²) in [6.07, 6.45) is 2.08. The molecule has 0 spiro atoms. The van der Waals surface area contributed by atoms with Gasteiger partial charge in [0.25, 0.3) is 0 Å². The fourth-order valence-electron chi connectivity index (χ4n) is 3.52. The molecule has 0 aliphatic carbocycles. The molecule has 3 rings (SSSR count). The Labute approximate surface area is 206 Å². The molecule has 2 N–H and O–H groups in total. The number of nitrogens with zero attached hydrogens (tertiary/aromatic N) is 3. The zero-order valence-electron chi connectivity index (χ0n) is 18.4. The zero-order chi connectivity index (χ0) is 21.3. The molecule has 0 unspecified atom stereocenters. The minimum absolute atomic E-state index is 0. The molecule has 1 saturated heterocycles. The van der Waals surface area contributed by atoms with Crippen LogP contribution in [-0.4, -0.2) is 62.8 Å². The summed E-state index contributed by atoms with van der Waals surface area (Å²) < 4.78 is 0. The van der Waals surface area contributed by atoms with Gasteiger partial charge in [0.15, 0.2) is 5.96 Å². The van der Waals surface area contributed by atoms with Crippen LogP contribution >= 0.6 is 35.7 Å². The van der Waals surface area contributed by atoms with Crippen molar-refractivity contribution < 1.29 is 4.79 Å². The average molecular weight is 554 g/mol. The van der Waals surface area contributed by atoms with Gasteiger partial charge in [-0.2, -0.15) is 0 Å². The summed E-state index contributed by atoms with van der Waals surface area (Å²) >= 11 is 1.74. The first kappa shape index (κ1) is 25.3. The van der Waals surface area contributed by atoms with E-state index < -0.39 is 0 Å². The lowest BCUT2D eigenvalue weighted by molar-refractivity contribution is -0.130. The van der Waals surface area contributed by atoms with Crippen LogP contribution in [0.15, 0.2) is 58.4 Å². The van der Waals surface area contributed by atoms with E-state index in [1.807, 2.05) is 23.1 Å². The highest BCUT2D eigenvalue weighted by molar-refractivity contribution is 14.0. The maximum Gasteiger partial charge on any atom is 0.242 e. The first-order valence-corrected chi connectivity index (χ1v) is 11.5. The summed E-state index contributed by atoms with van der Waals surface area (Å²) in [5, 5.41) is 6.47. The van der Waals surface area contributed by atoms with Crippen LogP contribution in [0.25, 0.3) is 0 Å². The molecule has 8 heteroatoms. The molecule has 0 saturated carbocycles. The molecule has 31 heavy (non-hydrogen) atoms. The van der Waals surface area contributed by atoms with Crippen LogP contribution in [0.5, 0.6) is 0 Å². The van der Waals surface area contributed by atoms with Gasteiger partial charge in [0.05, 0.1) is 6.54 Å². The Morgan fingerprint density at radius 1 is 1.06 bits per heavy atom. The van der Waals surface area contributed by atoms with Gasteiger partial charge in [0, 0.05) is 50.4 Å². The van der Waals surface area contributed by atoms with Crippen molar-refractivity contribution in [2.45, 2.75) is 18.4 Å². The number of amides is 1. The molecule has 0 bridgehead atoms. The van der Waals surface area contributed by atoms with Gasteiger partial charge in [0.2, 0.25) is 5.91 Å². The number of carbonyl (C=O) groups is 1. The van der Waals surface area contributed by atoms with Gasteiger partial charge >= 0.3 is 0 Å². The molecule has 0 radical (unpaired) electrons. The number of carbonyl (C=O) groups excluding carboxylic acids is 1. The fourth-order valence-corrected chi connectivity index (χ4v) is 4.23. The predicted octanol–water partition coefficient (Wildman–Crippen LogP) is 3.35. The summed E-state index contributed by atoms with van der Waals surface area (Å²) in [7, 11) is 1.73. The number of aryl methyl sites for hydroxylation is 1. The van der Waals surface area contributed by atoms with E-state index in [1.54, 1.807) is 18.8 Å². The summed E-state index contributed by atoms with van der Waals surface area (Å²) in [5.41, 5.74) is 3.69. The van der Waals surface area contributed by atoms with E-state index in [1.165, 1.54) is 21.7 Å². The lowest BCUT2D eigenvalue weighted by Gasteiger charge is -2.36. The van der Waals surface area contributed by atoms with Crippen LogP contribution in [0.1, 0.15) is 11.1 Å². The van der Waals surface area contributed by atoms with Crippen molar-refractivity contribution in [3.63, 3.8) is 0 Å². The predicted molar refractivity (Wildman–Crippen MR) is 142 cm³/mol. The van der Waals surface area contributed by atoms with E-state index in [9.17, 15) is 4.79 Å². The van der Waals surface area contributed by atoms with Crippen LogP contribution in [-0.2, 0) is 11.3 Å². The van der Waals surface area contributed by atoms with Crippen LogP contribution in [0, 0.1) is 6.92 Å². The monoisotopic (exact) mass is 553 g/mol. The molecular weight excluding hydrogens is 521 g/mol. The largest absolute Gasteiger partial charge is 0.368 e. The van der Waals surface area contributed by atoms with Crippen molar-refractivity contribution in [3.8, 4) is 0 Å². The molecular formula is C23H32IN5OS. The second-order valence-corrected chi connectivity index (χ2v) is 8.15. The Morgan fingerprint density at radius 3 is 2.42 bits per heavy atom. The van der Waals surface area contributed by atoms with Crippen molar-refractivity contribution in [1.82, 2.24) is 15.5 Å². The third-order valence-corrected chi connectivity index (χ3v) is 6.09. The minimum atomic E-state index is 0. The van der Waals surface area contributed by atoms with Crippen LogP contribution in [0.4, 0.5) is 5.69 Å². The quantitative estimate of drug-likeness (QED) is 0.249. The number of hydrogen-bond donors (Lipinski definition) is 2. The van der Waals surface area contributed by atoms with Gasteiger partial charge in [-0.25, -0.2) is 0 Å². The van der Waals surface area contributed by atoms with Crippen LogP contribution in [0.3, 0.4) is 0 Å². The first-order chi connectivity index (χ1) is 14.6. The van der Waals surface area contributed by atoms with Gasteiger partial charge in [-0.15, -0.1) is 35.7 Å². The van der Waals surface area contributed by atoms with Gasteiger partial charge in [-0.05, 0) is 42.5 Å². The maximum absolute atomic E-state index is 12.6. The summed E-state index contributed by atoms with van der Waals surface area (Å²) in [6.45, 7) is 6.20. The van der Waals surface area contributed by atoms with Gasteiger partial charge < -0.3 is 20.4 Å². The number of para-hydroxylation sites is 1. The molecule has 2 aromatic carbocycles. The molecule has 6 nitrogen and oxygen atoms in total. The SMILES string of the molecule is CN=C(NCC(=O)N1CCN(c2ccccc2)CC1)NCc1ccc(C)cc1SC.I. The Morgan fingerprint density at radius 2 is 1.77 bits per heavy atom. The number of rotatable bonds is 6. The van der Waals surface area contributed by atoms with E-state index >= 15 is 0 Å². The number of halogens is 1. The maximum atomic E-state index is 12.6. The second kappa shape index (κ2) is 12.8. The zero-order valence-corrected chi connectivity index (χ0v) is 21.6. The third-order valence-electron chi connectivity index (χ3n) is 5.27. The lowest BCUT2D eigenvalue weighted by atomic mass is 10.1. The summed E-state index contributed by atoms with van der Waals surface area (Å²) in [4.78, 5) is 22.4. The fraction of sp³-hybridized carbons (Fsp3) is 0.391. The molecule has 1 aliphatic rings. The van der Waals surface area contributed by atoms with Crippen molar-refractivity contribution in [1.29, 1.82) is 0 Å². The normalized spacial score (nSPS) is 14.1. The van der Waals surface area contributed by atoms with Gasteiger partial charge in [-0.1, -0.05) is 30.3 Å². The van der Waals surface area contributed by atoms with E-state index in [0.717, 1.165) is 26.2 Å². The molecule has 1 amide bonds. The van der Waals surface area contributed by atoms with Crippen molar-refractivity contribution in [2.24, 2.45) is 4.99 Å². The number of benzene rings is 2. The van der Waals surface area contributed by atoms with Crippen molar-refractivity contribution in [2.75, 3.05) is 50.9 Å². The van der Waals surface area contributed by atoms with Crippen molar-refractivity contribution in [3.05, 3.63) is 59.7 Å². The Bertz CT molecular complexity index is 870. The highest BCUT2D eigenvalue weighted by Crippen LogP contribution is 2.21. The van der Waals surface area contributed by atoms with E-state index in [-0.39, 0.29) is 36.4 Å². The number of hydrogen-bond acceptors (Lipinski definition) is 4. The topological polar surface area (TPSA) is 60.0 Å². The van der Waals surface area contributed by atoms with Gasteiger partial charge in [-0.3, -0.25) is 9.79 Å². The molecule has 2 aromatic rings. The van der Waals surface area contributed by atoms with Crippen LogP contribution in [0.2, 0.25) is 0 Å². The number of piperazine rings is 1. The highest BCUT2D eigenvalue weighted by atomic mass is 127. The van der Waals surface area contributed by atoms with E-state index in [0.29, 0.717) is 12.5 Å². The highest BCUT2D eigenvalue weighted by Gasteiger charge is 2.21. The number of anilines is 1. The number of thioether (sulfide) groups is 1. The molecule has 1 aliphatic heterocycles. The lowest BCUT2D eigenvalue weighted by Crippen LogP contribution is -2.52. The molecule has 1 heterocycles. The second-order valence-electron chi connectivity index (χ2n) is 7.30. The van der Waals surface area contributed by atoms with Gasteiger partial charge in [0.1, 0.15) is 0 Å². The van der Waals surface area contributed by atoms with Crippen LogP contribution < -0.4 is 15.5 Å². The molecule has 168 valence electrons. The number of guanidine groups is 1. The Balaban J connectivity index is 0.00000341. The van der Waals surface area contributed by atoms with E-state index in [4.69, 9.17) is 0 Å². The molecule has 0 atom stereocenters. The average Bonchev–Trinajstić information content (AvgIpc) is 2.80. The third kappa shape index (κ3) is 7.31. The number of aliphatic imine (C=N–C) groups is 1. The molecule has 1 fully saturated rings. The standard InChI is InChI=1S/C23H31N5OS.HI/c1-18-9-10-19(21(15-18)30-3)16-25-23(24-2)26-17-22(29)28-13-11-27(12-14-28)20-7-5-4-6-8-20;/h4-10,15H,11-14,16-17H2,1-3H3,(H2,24,25,26);1H. The first-order valence-electron chi connectivity index (χ1n) is 10.3. The summed E-state index contributed by atoms with van der Waals surface area (Å²) in [6, 6.07) is 16.8. The Kier molecular flexibility index (Phi) is 10.5. The van der Waals surface area contributed by atoms with Crippen molar-refractivity contribution >= 4 is 53.3 Å².